The van der Waals surface area contributed by atoms with Crippen LogP contribution in [0, 0.1) is 6.92 Å². The fraction of sp³-hybridized carbons (Fsp3) is 0.308. The quantitative estimate of drug-likeness (QED) is 0.867. The number of rotatable bonds is 3. The van der Waals surface area contributed by atoms with Gasteiger partial charge in [0.2, 0.25) is 0 Å². The van der Waals surface area contributed by atoms with Gasteiger partial charge in [-0.15, -0.1) is 0 Å². The Labute approximate surface area is 105 Å². The Morgan fingerprint density at radius 3 is 3.00 bits per heavy atom. The van der Waals surface area contributed by atoms with Crippen molar-refractivity contribution in [3.8, 4) is 0 Å². The number of pyridine rings is 1. The average molecular weight is 242 g/mol. The second-order valence-electron chi connectivity index (χ2n) is 4.60. The van der Waals surface area contributed by atoms with E-state index in [-0.39, 0.29) is 5.91 Å². The lowest BCUT2D eigenvalue weighted by Crippen LogP contribution is -2.13. The molecule has 0 aliphatic heterocycles. The van der Waals surface area contributed by atoms with Gasteiger partial charge in [0, 0.05) is 17.3 Å². The number of H-pyrrole nitrogens is 1. The maximum absolute atomic E-state index is 11.9. The number of anilines is 1. The van der Waals surface area contributed by atoms with Crippen LogP contribution in [0.1, 0.15) is 40.6 Å². The zero-order chi connectivity index (χ0) is 12.5. The Hall–Kier alpha value is -2.17. The maximum atomic E-state index is 11.9. The molecule has 1 saturated carbocycles. The molecule has 5 heteroatoms. The van der Waals surface area contributed by atoms with Crippen LogP contribution in [0.25, 0.3) is 0 Å². The fourth-order valence-corrected chi connectivity index (χ4v) is 1.85. The molecule has 0 unspecified atom stereocenters. The van der Waals surface area contributed by atoms with Crippen LogP contribution in [-0.2, 0) is 0 Å². The highest BCUT2D eigenvalue weighted by molar-refractivity contribution is 6.02. The predicted molar refractivity (Wildman–Crippen MR) is 67.5 cm³/mol. The monoisotopic (exact) mass is 242 g/mol. The summed E-state index contributed by atoms with van der Waals surface area (Å²) in [5.41, 5.74) is 2.34. The zero-order valence-electron chi connectivity index (χ0n) is 10.1. The van der Waals surface area contributed by atoms with E-state index >= 15 is 0 Å². The molecule has 1 amide bonds. The second-order valence-corrected chi connectivity index (χ2v) is 4.60. The number of aryl methyl sites for hydroxylation is 1. The summed E-state index contributed by atoms with van der Waals surface area (Å²) < 4.78 is 0. The molecule has 0 aromatic carbocycles. The summed E-state index contributed by atoms with van der Waals surface area (Å²) in [6.45, 7) is 1.88. The van der Waals surface area contributed by atoms with Crippen molar-refractivity contribution in [3.05, 3.63) is 41.3 Å². The van der Waals surface area contributed by atoms with E-state index in [1.807, 2.05) is 25.1 Å². The third kappa shape index (κ3) is 2.25. The summed E-state index contributed by atoms with van der Waals surface area (Å²) >= 11 is 0. The normalized spacial score (nSPS) is 14.5. The fourth-order valence-electron chi connectivity index (χ4n) is 1.85. The molecule has 2 aromatic heterocycles. The number of aromatic nitrogens is 3. The zero-order valence-corrected chi connectivity index (χ0v) is 10.1. The number of aromatic amines is 1. The lowest BCUT2D eigenvalue weighted by atomic mass is 10.2. The van der Waals surface area contributed by atoms with E-state index < -0.39 is 0 Å². The Bertz CT molecular complexity index is 586. The Morgan fingerprint density at radius 1 is 1.44 bits per heavy atom. The van der Waals surface area contributed by atoms with Gasteiger partial charge in [0.1, 0.15) is 5.82 Å². The van der Waals surface area contributed by atoms with Crippen LogP contribution < -0.4 is 5.32 Å². The molecular formula is C13H14N4O. The van der Waals surface area contributed by atoms with Crippen LogP contribution in [0.3, 0.4) is 0 Å². The number of hydrogen-bond acceptors (Lipinski definition) is 3. The van der Waals surface area contributed by atoms with Crippen molar-refractivity contribution in [2.45, 2.75) is 25.7 Å². The van der Waals surface area contributed by atoms with Crippen LogP contribution >= 0.6 is 0 Å². The molecule has 2 heterocycles. The highest BCUT2D eigenvalue weighted by Gasteiger charge is 2.26. The minimum atomic E-state index is -0.226. The molecule has 92 valence electrons. The molecule has 1 aliphatic rings. The largest absolute Gasteiger partial charge is 0.305 e. The number of nitrogens with zero attached hydrogens (tertiary/aromatic N) is 2. The predicted octanol–water partition coefficient (Wildman–Crippen LogP) is 2.24. The van der Waals surface area contributed by atoms with Crippen molar-refractivity contribution in [2.75, 3.05) is 5.32 Å². The molecule has 1 aliphatic carbocycles. The summed E-state index contributed by atoms with van der Waals surface area (Å²) in [6.07, 6.45) is 2.37. The SMILES string of the molecule is Cc1cccc(NC(=O)c2cc(C3CC3)[nH]n2)n1. The minimum Gasteiger partial charge on any atom is -0.305 e. The van der Waals surface area contributed by atoms with Gasteiger partial charge in [-0.1, -0.05) is 6.07 Å². The first kappa shape index (κ1) is 11.0. The van der Waals surface area contributed by atoms with Gasteiger partial charge >= 0.3 is 0 Å². The maximum Gasteiger partial charge on any atom is 0.277 e. The molecule has 2 N–H and O–H groups in total. The summed E-state index contributed by atoms with van der Waals surface area (Å²) in [4.78, 5) is 16.2. The molecule has 3 rings (SSSR count). The summed E-state index contributed by atoms with van der Waals surface area (Å²) in [7, 11) is 0. The van der Waals surface area contributed by atoms with Gasteiger partial charge in [-0.05, 0) is 38.0 Å². The smallest absolute Gasteiger partial charge is 0.277 e. The van der Waals surface area contributed by atoms with Gasteiger partial charge in [0.15, 0.2) is 5.69 Å². The lowest BCUT2D eigenvalue weighted by molar-refractivity contribution is 0.102. The Balaban J connectivity index is 1.73. The van der Waals surface area contributed by atoms with E-state index in [1.165, 1.54) is 12.8 Å². The summed E-state index contributed by atoms with van der Waals surface area (Å²) in [5, 5.41) is 9.68. The number of nitrogens with one attached hydrogen (secondary N) is 2. The first-order valence-corrected chi connectivity index (χ1v) is 6.03. The lowest BCUT2D eigenvalue weighted by Gasteiger charge is -2.02. The number of carbonyl (C=O) groups excluding carboxylic acids is 1. The molecular weight excluding hydrogens is 228 g/mol. The van der Waals surface area contributed by atoms with Crippen LogP contribution in [0.4, 0.5) is 5.82 Å². The van der Waals surface area contributed by atoms with Crippen molar-refractivity contribution < 1.29 is 4.79 Å². The Morgan fingerprint density at radius 2 is 2.28 bits per heavy atom. The van der Waals surface area contributed by atoms with Crippen molar-refractivity contribution in [2.24, 2.45) is 0 Å². The van der Waals surface area contributed by atoms with Crippen LogP contribution in [0.5, 0.6) is 0 Å². The summed E-state index contributed by atoms with van der Waals surface area (Å²) in [6, 6.07) is 7.33. The minimum absolute atomic E-state index is 0.226. The van der Waals surface area contributed by atoms with Gasteiger partial charge < -0.3 is 5.32 Å². The topological polar surface area (TPSA) is 70.7 Å². The second kappa shape index (κ2) is 4.25. The molecule has 5 nitrogen and oxygen atoms in total. The van der Waals surface area contributed by atoms with E-state index in [2.05, 4.69) is 20.5 Å². The standard InChI is InChI=1S/C13H14N4O/c1-8-3-2-4-12(14-8)15-13(18)11-7-10(16-17-11)9-5-6-9/h2-4,7,9H,5-6H2,1H3,(H,16,17)(H,14,15,18). The molecule has 18 heavy (non-hydrogen) atoms. The molecule has 2 aromatic rings. The van der Waals surface area contributed by atoms with Crippen molar-refractivity contribution in [1.29, 1.82) is 0 Å². The third-order valence-electron chi connectivity index (χ3n) is 2.98. The van der Waals surface area contributed by atoms with Gasteiger partial charge in [-0.3, -0.25) is 9.89 Å². The molecule has 0 radical (unpaired) electrons. The van der Waals surface area contributed by atoms with Gasteiger partial charge in [0.25, 0.3) is 5.91 Å². The number of hydrogen-bond donors (Lipinski definition) is 2. The molecule has 0 bridgehead atoms. The molecule has 0 saturated heterocycles. The van der Waals surface area contributed by atoms with Crippen molar-refractivity contribution >= 4 is 11.7 Å². The molecule has 0 atom stereocenters. The van der Waals surface area contributed by atoms with Crippen molar-refractivity contribution in [3.63, 3.8) is 0 Å². The van der Waals surface area contributed by atoms with E-state index in [4.69, 9.17) is 0 Å². The van der Waals surface area contributed by atoms with Crippen LogP contribution in [0.15, 0.2) is 24.3 Å². The highest BCUT2D eigenvalue weighted by atomic mass is 16.2. The highest BCUT2D eigenvalue weighted by Crippen LogP contribution is 2.38. The third-order valence-corrected chi connectivity index (χ3v) is 2.98. The van der Waals surface area contributed by atoms with Crippen LogP contribution in [0.2, 0.25) is 0 Å². The average Bonchev–Trinajstić information content (AvgIpc) is 3.07. The first-order valence-electron chi connectivity index (χ1n) is 6.03. The van der Waals surface area contributed by atoms with E-state index in [0.717, 1.165) is 11.4 Å². The van der Waals surface area contributed by atoms with Gasteiger partial charge in [-0.25, -0.2) is 4.98 Å². The Kier molecular flexibility index (Phi) is 2.59. The van der Waals surface area contributed by atoms with E-state index in [1.54, 1.807) is 6.07 Å². The van der Waals surface area contributed by atoms with Gasteiger partial charge in [0.05, 0.1) is 0 Å². The molecule has 1 fully saturated rings. The number of amides is 1. The van der Waals surface area contributed by atoms with E-state index in [0.29, 0.717) is 17.4 Å². The summed E-state index contributed by atoms with van der Waals surface area (Å²) in [5.74, 6) is 0.892. The molecule has 0 spiro atoms. The number of carbonyl (C=O) groups is 1. The van der Waals surface area contributed by atoms with Crippen molar-refractivity contribution in [1.82, 2.24) is 15.2 Å². The van der Waals surface area contributed by atoms with E-state index in [9.17, 15) is 4.79 Å². The van der Waals surface area contributed by atoms with Crippen LogP contribution in [-0.4, -0.2) is 21.1 Å². The first-order chi connectivity index (χ1) is 8.72. The van der Waals surface area contributed by atoms with Gasteiger partial charge in [-0.2, -0.15) is 5.10 Å².